The maximum atomic E-state index is 13.2. The van der Waals surface area contributed by atoms with Gasteiger partial charge in [0.25, 0.3) is 0 Å². The fourth-order valence-corrected chi connectivity index (χ4v) is 2.05. The summed E-state index contributed by atoms with van der Waals surface area (Å²) in [5, 5.41) is 0.697. The van der Waals surface area contributed by atoms with Crippen LogP contribution < -0.4 is 0 Å². The highest BCUT2D eigenvalue weighted by Crippen LogP contribution is 2.33. The lowest BCUT2D eigenvalue weighted by Crippen LogP contribution is -2.13. The summed E-state index contributed by atoms with van der Waals surface area (Å²) < 4.78 is 26.4. The molecule has 0 aliphatic heterocycles. The SMILES string of the molecule is Cc1ccc(Cl)c2c(Cl)nc(C(C)(F)F)nc12. The summed E-state index contributed by atoms with van der Waals surface area (Å²) in [6, 6.07) is 3.34. The summed E-state index contributed by atoms with van der Waals surface area (Å²) in [5.74, 6) is -3.73. The molecule has 1 aromatic carbocycles. The van der Waals surface area contributed by atoms with E-state index in [-0.39, 0.29) is 5.15 Å². The zero-order valence-corrected chi connectivity index (χ0v) is 10.6. The number of aromatic nitrogens is 2. The van der Waals surface area contributed by atoms with Gasteiger partial charge in [-0.2, -0.15) is 8.78 Å². The molecule has 0 spiro atoms. The summed E-state index contributed by atoms with van der Waals surface area (Å²) in [7, 11) is 0. The number of aryl methyl sites for hydroxylation is 1. The van der Waals surface area contributed by atoms with Gasteiger partial charge in [0.15, 0.2) is 0 Å². The third-order valence-electron chi connectivity index (χ3n) is 2.35. The molecule has 17 heavy (non-hydrogen) atoms. The van der Waals surface area contributed by atoms with Gasteiger partial charge < -0.3 is 0 Å². The van der Waals surface area contributed by atoms with Crippen molar-refractivity contribution in [1.29, 1.82) is 0 Å². The Morgan fingerprint density at radius 1 is 1.18 bits per heavy atom. The van der Waals surface area contributed by atoms with E-state index in [0.29, 0.717) is 15.9 Å². The molecule has 1 aromatic heterocycles. The lowest BCUT2D eigenvalue weighted by molar-refractivity contribution is 0.00808. The Morgan fingerprint density at radius 3 is 2.41 bits per heavy atom. The highest BCUT2D eigenvalue weighted by Gasteiger charge is 2.29. The second-order valence-corrected chi connectivity index (χ2v) is 4.58. The van der Waals surface area contributed by atoms with Crippen molar-refractivity contribution in [3.63, 3.8) is 0 Å². The van der Waals surface area contributed by atoms with Gasteiger partial charge in [-0.05, 0) is 18.6 Å². The minimum absolute atomic E-state index is 0.0553. The Bertz CT molecular complexity index is 594. The Hall–Kier alpha value is -1.00. The maximum absolute atomic E-state index is 13.2. The van der Waals surface area contributed by atoms with Crippen molar-refractivity contribution in [3.8, 4) is 0 Å². The second-order valence-electron chi connectivity index (χ2n) is 3.81. The van der Waals surface area contributed by atoms with Crippen LogP contribution in [0.25, 0.3) is 10.9 Å². The van der Waals surface area contributed by atoms with Crippen LogP contribution in [0.2, 0.25) is 10.2 Å². The molecule has 0 saturated carbocycles. The van der Waals surface area contributed by atoms with E-state index >= 15 is 0 Å². The Kier molecular flexibility index (Phi) is 2.96. The molecule has 0 unspecified atom stereocenters. The topological polar surface area (TPSA) is 25.8 Å². The van der Waals surface area contributed by atoms with E-state index < -0.39 is 11.7 Å². The van der Waals surface area contributed by atoms with Gasteiger partial charge in [0.2, 0.25) is 5.82 Å². The number of rotatable bonds is 1. The lowest BCUT2D eigenvalue weighted by Gasteiger charge is -2.12. The standard InChI is InChI=1S/C11H8Cl2F2N2/c1-5-3-4-6(12)7-8(5)16-10(11(2,14)15)17-9(7)13/h3-4H,1-2H3. The summed E-state index contributed by atoms with van der Waals surface area (Å²) in [6.45, 7) is 2.48. The Labute approximate surface area is 107 Å². The maximum Gasteiger partial charge on any atom is 0.303 e. The molecule has 0 aliphatic carbocycles. The van der Waals surface area contributed by atoms with Gasteiger partial charge in [-0.15, -0.1) is 0 Å². The number of fused-ring (bicyclic) bond motifs is 1. The number of hydrogen-bond donors (Lipinski definition) is 0. The van der Waals surface area contributed by atoms with Crippen LogP contribution in [0, 0.1) is 6.92 Å². The molecule has 0 atom stereocenters. The minimum Gasteiger partial charge on any atom is -0.227 e. The quantitative estimate of drug-likeness (QED) is 0.724. The van der Waals surface area contributed by atoms with Gasteiger partial charge in [0.1, 0.15) is 5.15 Å². The van der Waals surface area contributed by atoms with E-state index in [1.807, 2.05) is 0 Å². The highest BCUT2D eigenvalue weighted by molar-refractivity contribution is 6.41. The number of halogens is 4. The van der Waals surface area contributed by atoms with E-state index in [0.717, 1.165) is 12.5 Å². The van der Waals surface area contributed by atoms with E-state index in [1.165, 1.54) is 0 Å². The van der Waals surface area contributed by atoms with Crippen LogP contribution in [-0.2, 0) is 5.92 Å². The van der Waals surface area contributed by atoms with Crippen molar-refractivity contribution in [1.82, 2.24) is 9.97 Å². The molecule has 0 bridgehead atoms. The molecule has 0 amide bonds. The molecule has 0 aliphatic rings. The highest BCUT2D eigenvalue weighted by atomic mass is 35.5. The number of nitrogens with zero attached hydrogens (tertiary/aromatic N) is 2. The number of benzene rings is 1. The average molecular weight is 277 g/mol. The Balaban J connectivity index is 2.87. The summed E-state index contributed by atoms with van der Waals surface area (Å²) >= 11 is 11.8. The summed E-state index contributed by atoms with van der Waals surface area (Å²) in [6.07, 6.45) is 0. The van der Waals surface area contributed by atoms with Crippen LogP contribution in [0.3, 0.4) is 0 Å². The summed E-state index contributed by atoms with van der Waals surface area (Å²) in [5.41, 5.74) is 1.08. The number of alkyl halides is 2. The molecule has 0 saturated heterocycles. The van der Waals surface area contributed by atoms with E-state index in [4.69, 9.17) is 23.2 Å². The Morgan fingerprint density at radius 2 is 1.82 bits per heavy atom. The molecule has 6 heteroatoms. The predicted octanol–water partition coefficient (Wildman–Crippen LogP) is 4.36. The first-order chi connectivity index (χ1) is 7.80. The molecular weight excluding hydrogens is 269 g/mol. The van der Waals surface area contributed by atoms with Gasteiger partial charge in [-0.1, -0.05) is 29.3 Å². The first-order valence-corrected chi connectivity index (χ1v) is 5.57. The van der Waals surface area contributed by atoms with Crippen LogP contribution in [0.1, 0.15) is 18.3 Å². The zero-order valence-electron chi connectivity index (χ0n) is 9.06. The molecule has 0 radical (unpaired) electrons. The molecule has 90 valence electrons. The van der Waals surface area contributed by atoms with Gasteiger partial charge in [-0.25, -0.2) is 9.97 Å². The van der Waals surface area contributed by atoms with Gasteiger partial charge in [-0.3, -0.25) is 0 Å². The van der Waals surface area contributed by atoms with Gasteiger partial charge >= 0.3 is 5.92 Å². The van der Waals surface area contributed by atoms with Gasteiger partial charge in [0.05, 0.1) is 15.9 Å². The zero-order chi connectivity index (χ0) is 12.8. The smallest absolute Gasteiger partial charge is 0.227 e. The van der Waals surface area contributed by atoms with E-state index in [1.54, 1.807) is 19.1 Å². The fraction of sp³-hybridized carbons (Fsp3) is 0.273. The van der Waals surface area contributed by atoms with Crippen molar-refractivity contribution >= 4 is 34.1 Å². The lowest BCUT2D eigenvalue weighted by atomic mass is 10.1. The van der Waals surface area contributed by atoms with Crippen LogP contribution in [0.4, 0.5) is 8.78 Å². The molecule has 2 aromatic rings. The minimum atomic E-state index is -3.13. The third-order valence-corrected chi connectivity index (χ3v) is 2.94. The normalized spacial score (nSPS) is 12.1. The van der Waals surface area contributed by atoms with Crippen molar-refractivity contribution < 1.29 is 8.78 Å². The van der Waals surface area contributed by atoms with Crippen molar-refractivity contribution in [2.24, 2.45) is 0 Å². The average Bonchev–Trinajstić information content (AvgIpc) is 2.21. The van der Waals surface area contributed by atoms with Crippen LogP contribution in [0.5, 0.6) is 0 Å². The van der Waals surface area contributed by atoms with Crippen LogP contribution >= 0.6 is 23.2 Å². The largest absolute Gasteiger partial charge is 0.303 e. The predicted molar refractivity (Wildman–Crippen MR) is 63.9 cm³/mol. The molecular formula is C11H8Cl2F2N2. The molecule has 0 fully saturated rings. The van der Waals surface area contributed by atoms with Gasteiger partial charge in [0, 0.05) is 6.92 Å². The monoisotopic (exact) mass is 276 g/mol. The molecule has 1 heterocycles. The fourth-order valence-electron chi connectivity index (χ4n) is 1.49. The third kappa shape index (κ3) is 2.19. The van der Waals surface area contributed by atoms with Crippen molar-refractivity contribution in [3.05, 3.63) is 33.7 Å². The van der Waals surface area contributed by atoms with Crippen molar-refractivity contribution in [2.75, 3.05) is 0 Å². The first-order valence-electron chi connectivity index (χ1n) is 4.81. The molecule has 0 N–H and O–H groups in total. The number of hydrogen-bond acceptors (Lipinski definition) is 2. The van der Waals surface area contributed by atoms with Crippen molar-refractivity contribution in [2.45, 2.75) is 19.8 Å². The van der Waals surface area contributed by atoms with E-state index in [2.05, 4.69) is 9.97 Å². The molecule has 2 rings (SSSR count). The van der Waals surface area contributed by atoms with Crippen LogP contribution in [0.15, 0.2) is 12.1 Å². The van der Waals surface area contributed by atoms with E-state index in [9.17, 15) is 8.78 Å². The first kappa shape index (κ1) is 12.5. The summed E-state index contributed by atoms with van der Waals surface area (Å²) in [4.78, 5) is 7.43. The second kappa shape index (κ2) is 4.03. The van der Waals surface area contributed by atoms with Crippen LogP contribution in [-0.4, -0.2) is 9.97 Å². The molecule has 2 nitrogen and oxygen atoms in total.